The molecule has 2 rings (SSSR count). The molecule has 0 atom stereocenters. The predicted molar refractivity (Wildman–Crippen MR) is 53.0 cm³/mol. The Morgan fingerprint density at radius 2 is 2.14 bits per heavy atom. The lowest BCUT2D eigenvalue weighted by Crippen LogP contribution is -2.32. The van der Waals surface area contributed by atoms with E-state index in [1.807, 2.05) is 0 Å². The highest BCUT2D eigenvalue weighted by molar-refractivity contribution is 6.62. The van der Waals surface area contributed by atoms with Crippen LogP contribution in [0.2, 0.25) is 0 Å². The van der Waals surface area contributed by atoms with E-state index in [2.05, 4.69) is 5.16 Å². The van der Waals surface area contributed by atoms with Crippen LogP contribution in [0.3, 0.4) is 0 Å². The first-order valence-electron chi connectivity index (χ1n) is 4.11. The van der Waals surface area contributed by atoms with Crippen LogP contribution in [-0.2, 0) is 0 Å². The summed E-state index contributed by atoms with van der Waals surface area (Å²) in [4.78, 5) is 0. The monoisotopic (exact) mass is 192 g/mol. The molecule has 0 radical (unpaired) electrons. The number of benzene rings is 1. The molecule has 14 heavy (non-hydrogen) atoms. The Balaban J connectivity index is 2.83. The Labute approximate surface area is 80.3 Å². The average molecular weight is 192 g/mol. The smallest absolute Gasteiger partial charge is 0.423 e. The van der Waals surface area contributed by atoms with E-state index in [0.29, 0.717) is 16.4 Å². The standard InChI is InChI=1S/C8H9BN2O3/c1-4-2-3-5-7(6(4)9(12)13)14-11-8(5)10/h2-3,12-13H,1H3,(H2,10,11). The van der Waals surface area contributed by atoms with Gasteiger partial charge in [-0.3, -0.25) is 0 Å². The quantitative estimate of drug-likeness (QED) is 0.524. The SMILES string of the molecule is Cc1ccc2c(N)noc2c1B(O)O. The van der Waals surface area contributed by atoms with Crippen LogP contribution in [0.15, 0.2) is 16.7 Å². The summed E-state index contributed by atoms with van der Waals surface area (Å²) in [6, 6.07) is 3.48. The lowest BCUT2D eigenvalue weighted by molar-refractivity contribution is 0.422. The van der Waals surface area contributed by atoms with Gasteiger partial charge in [-0.25, -0.2) is 0 Å². The second-order valence-corrected chi connectivity index (χ2v) is 3.11. The Morgan fingerprint density at radius 3 is 2.79 bits per heavy atom. The Hall–Kier alpha value is -1.53. The number of aromatic nitrogens is 1. The van der Waals surface area contributed by atoms with Crippen molar-refractivity contribution in [3.05, 3.63) is 17.7 Å². The fourth-order valence-corrected chi connectivity index (χ4v) is 1.46. The van der Waals surface area contributed by atoms with Gasteiger partial charge < -0.3 is 20.3 Å². The fraction of sp³-hybridized carbons (Fsp3) is 0.125. The lowest BCUT2D eigenvalue weighted by Gasteiger charge is -2.03. The van der Waals surface area contributed by atoms with Crippen LogP contribution >= 0.6 is 0 Å². The van der Waals surface area contributed by atoms with Crippen LogP contribution in [0.5, 0.6) is 0 Å². The van der Waals surface area contributed by atoms with E-state index < -0.39 is 7.12 Å². The number of anilines is 1. The zero-order valence-electron chi connectivity index (χ0n) is 7.56. The second kappa shape index (κ2) is 3.00. The van der Waals surface area contributed by atoms with Crippen molar-refractivity contribution in [2.75, 3.05) is 5.73 Å². The van der Waals surface area contributed by atoms with Crippen LogP contribution in [0.25, 0.3) is 11.0 Å². The van der Waals surface area contributed by atoms with E-state index >= 15 is 0 Å². The number of aryl methyl sites for hydroxylation is 1. The summed E-state index contributed by atoms with van der Waals surface area (Å²) in [7, 11) is -1.58. The Bertz CT molecular complexity index is 481. The van der Waals surface area contributed by atoms with Gasteiger partial charge in [0.15, 0.2) is 11.4 Å². The van der Waals surface area contributed by atoms with Crippen molar-refractivity contribution in [3.8, 4) is 0 Å². The summed E-state index contributed by atoms with van der Waals surface area (Å²) in [6.45, 7) is 1.76. The molecule has 6 heteroatoms. The molecule has 1 aromatic carbocycles. The lowest BCUT2D eigenvalue weighted by atomic mass is 9.76. The van der Waals surface area contributed by atoms with Gasteiger partial charge in [-0.2, -0.15) is 0 Å². The summed E-state index contributed by atoms with van der Waals surface area (Å²) in [5.41, 5.74) is 6.90. The van der Waals surface area contributed by atoms with E-state index in [0.717, 1.165) is 5.56 Å². The van der Waals surface area contributed by atoms with E-state index in [9.17, 15) is 0 Å². The third kappa shape index (κ3) is 1.16. The maximum atomic E-state index is 9.14. The normalized spacial score (nSPS) is 10.8. The highest BCUT2D eigenvalue weighted by Gasteiger charge is 2.21. The van der Waals surface area contributed by atoms with Gasteiger partial charge in [0.2, 0.25) is 0 Å². The molecular weight excluding hydrogens is 183 g/mol. The van der Waals surface area contributed by atoms with Crippen molar-refractivity contribution in [1.29, 1.82) is 0 Å². The van der Waals surface area contributed by atoms with Gasteiger partial charge in [-0.1, -0.05) is 11.2 Å². The minimum absolute atomic E-state index is 0.252. The second-order valence-electron chi connectivity index (χ2n) is 3.11. The van der Waals surface area contributed by atoms with Crippen molar-refractivity contribution < 1.29 is 14.6 Å². The van der Waals surface area contributed by atoms with Crippen LogP contribution in [0.1, 0.15) is 5.56 Å². The summed E-state index contributed by atoms with van der Waals surface area (Å²) in [5.74, 6) is 0.252. The van der Waals surface area contributed by atoms with Gasteiger partial charge >= 0.3 is 7.12 Å². The Kier molecular flexibility index (Phi) is 1.94. The molecule has 0 bridgehead atoms. The number of nitrogen functional groups attached to an aromatic ring is 1. The van der Waals surface area contributed by atoms with Crippen molar-refractivity contribution in [1.82, 2.24) is 5.16 Å². The highest BCUT2D eigenvalue weighted by Crippen LogP contribution is 2.19. The minimum atomic E-state index is -1.58. The average Bonchev–Trinajstić information content (AvgIpc) is 2.47. The number of hydrogen-bond acceptors (Lipinski definition) is 5. The number of nitrogens with two attached hydrogens (primary N) is 1. The van der Waals surface area contributed by atoms with Gasteiger partial charge in [-0.15, -0.1) is 0 Å². The van der Waals surface area contributed by atoms with Gasteiger partial charge in [0.1, 0.15) is 0 Å². The van der Waals surface area contributed by atoms with Crippen molar-refractivity contribution in [2.24, 2.45) is 0 Å². The third-order valence-corrected chi connectivity index (χ3v) is 2.18. The first-order valence-corrected chi connectivity index (χ1v) is 4.11. The van der Waals surface area contributed by atoms with Crippen LogP contribution < -0.4 is 11.2 Å². The zero-order chi connectivity index (χ0) is 10.3. The molecule has 0 aliphatic heterocycles. The van der Waals surface area contributed by atoms with E-state index in [4.69, 9.17) is 20.3 Å². The maximum absolute atomic E-state index is 9.14. The van der Waals surface area contributed by atoms with E-state index in [1.165, 1.54) is 0 Å². The van der Waals surface area contributed by atoms with Crippen LogP contribution in [0.4, 0.5) is 5.82 Å². The van der Waals surface area contributed by atoms with Gasteiger partial charge in [0, 0.05) is 5.46 Å². The molecule has 1 aromatic heterocycles. The first kappa shape index (κ1) is 9.05. The molecule has 0 saturated heterocycles. The molecule has 1 heterocycles. The minimum Gasteiger partial charge on any atom is -0.423 e. The molecule has 0 spiro atoms. The predicted octanol–water partition coefficient (Wildman–Crippen LogP) is -0.602. The Morgan fingerprint density at radius 1 is 1.43 bits per heavy atom. The number of rotatable bonds is 1. The third-order valence-electron chi connectivity index (χ3n) is 2.18. The number of hydrogen-bond donors (Lipinski definition) is 3. The summed E-state index contributed by atoms with van der Waals surface area (Å²) in [5, 5.41) is 22.4. The van der Waals surface area contributed by atoms with E-state index in [-0.39, 0.29) is 5.82 Å². The van der Waals surface area contributed by atoms with Crippen molar-refractivity contribution >= 4 is 29.4 Å². The molecule has 5 nitrogen and oxygen atoms in total. The zero-order valence-corrected chi connectivity index (χ0v) is 7.56. The summed E-state index contributed by atoms with van der Waals surface area (Å²) >= 11 is 0. The molecule has 4 N–H and O–H groups in total. The topological polar surface area (TPSA) is 92.5 Å². The molecule has 0 saturated carbocycles. The molecule has 0 unspecified atom stereocenters. The summed E-state index contributed by atoms with van der Waals surface area (Å²) in [6.07, 6.45) is 0. The molecule has 0 amide bonds. The van der Waals surface area contributed by atoms with Gasteiger partial charge in [-0.05, 0) is 18.6 Å². The van der Waals surface area contributed by atoms with Gasteiger partial charge in [0.05, 0.1) is 5.39 Å². The molecule has 0 aliphatic rings. The van der Waals surface area contributed by atoms with Crippen molar-refractivity contribution in [2.45, 2.75) is 6.92 Å². The van der Waals surface area contributed by atoms with Gasteiger partial charge in [0.25, 0.3) is 0 Å². The molecule has 0 fully saturated rings. The molecule has 72 valence electrons. The first-order chi connectivity index (χ1) is 6.61. The largest absolute Gasteiger partial charge is 0.492 e. The highest BCUT2D eigenvalue weighted by atomic mass is 16.5. The fourth-order valence-electron chi connectivity index (χ4n) is 1.46. The molecular formula is C8H9BN2O3. The number of nitrogens with zero attached hydrogens (tertiary/aromatic N) is 1. The number of fused-ring (bicyclic) bond motifs is 1. The molecule has 0 aliphatic carbocycles. The van der Waals surface area contributed by atoms with Crippen LogP contribution in [0, 0.1) is 6.92 Å². The van der Waals surface area contributed by atoms with Crippen LogP contribution in [-0.4, -0.2) is 22.3 Å². The summed E-state index contributed by atoms with van der Waals surface area (Å²) < 4.78 is 4.93. The maximum Gasteiger partial charge on any atom is 0.492 e. The molecule has 2 aromatic rings. The van der Waals surface area contributed by atoms with Crippen molar-refractivity contribution in [3.63, 3.8) is 0 Å². The van der Waals surface area contributed by atoms with E-state index in [1.54, 1.807) is 19.1 Å².